The van der Waals surface area contributed by atoms with Crippen molar-refractivity contribution in [1.29, 1.82) is 0 Å². The van der Waals surface area contributed by atoms with Crippen LogP contribution in [0.15, 0.2) is 36.4 Å². The molecule has 0 bridgehead atoms. The Bertz CT molecular complexity index is 757. The van der Waals surface area contributed by atoms with Crippen LogP contribution in [0, 0.1) is 0 Å². The second-order valence-electron chi connectivity index (χ2n) is 6.48. The van der Waals surface area contributed by atoms with Gasteiger partial charge in [-0.15, -0.1) is 0 Å². The predicted octanol–water partition coefficient (Wildman–Crippen LogP) is 3.12. The number of carbonyl (C=O) groups excluding carboxylic acids is 1. The van der Waals surface area contributed by atoms with Gasteiger partial charge in [-0.25, -0.2) is 4.79 Å². The van der Waals surface area contributed by atoms with Gasteiger partial charge in [0.25, 0.3) is 0 Å². The number of carbonyl (C=O) groups is 1. The van der Waals surface area contributed by atoms with Crippen molar-refractivity contribution in [2.45, 2.75) is 32.4 Å². The monoisotopic (exact) mass is 338 g/mol. The van der Waals surface area contributed by atoms with Crippen molar-refractivity contribution in [1.82, 2.24) is 10.6 Å². The fourth-order valence-electron chi connectivity index (χ4n) is 3.51. The highest BCUT2D eigenvalue weighted by molar-refractivity contribution is 5.74. The molecule has 0 saturated heterocycles. The number of urea groups is 1. The van der Waals surface area contributed by atoms with Crippen molar-refractivity contribution in [3.8, 4) is 11.5 Å². The molecule has 2 aliphatic heterocycles. The largest absolute Gasteiger partial charge is 0.493 e. The van der Waals surface area contributed by atoms with Gasteiger partial charge in [-0.2, -0.15) is 0 Å². The van der Waals surface area contributed by atoms with Gasteiger partial charge in [0.05, 0.1) is 19.3 Å². The Labute approximate surface area is 147 Å². The maximum Gasteiger partial charge on any atom is 0.315 e. The molecule has 5 nitrogen and oxygen atoms in total. The number of amides is 2. The van der Waals surface area contributed by atoms with Crippen LogP contribution in [0.1, 0.15) is 35.2 Å². The summed E-state index contributed by atoms with van der Waals surface area (Å²) >= 11 is 0. The second-order valence-corrected chi connectivity index (χ2v) is 6.48. The minimum Gasteiger partial charge on any atom is -0.493 e. The van der Waals surface area contributed by atoms with Gasteiger partial charge >= 0.3 is 6.03 Å². The van der Waals surface area contributed by atoms with Crippen LogP contribution in [-0.2, 0) is 19.4 Å². The van der Waals surface area contributed by atoms with Crippen LogP contribution in [0.5, 0.6) is 11.5 Å². The lowest BCUT2D eigenvalue weighted by Gasteiger charge is -2.17. The highest BCUT2D eigenvalue weighted by Gasteiger charge is 2.26. The molecule has 0 fully saturated rings. The number of fused-ring (bicyclic) bond motifs is 2. The zero-order valence-electron chi connectivity index (χ0n) is 14.3. The van der Waals surface area contributed by atoms with Crippen LogP contribution in [0.4, 0.5) is 4.79 Å². The fraction of sp³-hybridized carbons (Fsp3) is 0.350. The van der Waals surface area contributed by atoms with Crippen LogP contribution in [0.2, 0.25) is 0 Å². The van der Waals surface area contributed by atoms with Crippen LogP contribution in [0.25, 0.3) is 0 Å². The van der Waals surface area contributed by atoms with Gasteiger partial charge in [0, 0.05) is 36.1 Å². The number of hydrogen-bond acceptors (Lipinski definition) is 3. The number of nitrogens with one attached hydrogen (secondary N) is 2. The zero-order chi connectivity index (χ0) is 17.2. The molecule has 1 unspecified atom stereocenters. The van der Waals surface area contributed by atoms with Gasteiger partial charge in [0.1, 0.15) is 11.5 Å². The van der Waals surface area contributed by atoms with Crippen LogP contribution >= 0.6 is 0 Å². The molecule has 2 amide bonds. The van der Waals surface area contributed by atoms with Crippen LogP contribution in [0.3, 0.4) is 0 Å². The lowest BCUT2D eigenvalue weighted by molar-refractivity contribution is 0.237. The van der Waals surface area contributed by atoms with E-state index in [9.17, 15) is 4.79 Å². The molecule has 0 aromatic heterocycles. The molecule has 2 aromatic carbocycles. The Kier molecular flexibility index (Phi) is 4.22. The first-order valence-corrected chi connectivity index (χ1v) is 8.75. The van der Waals surface area contributed by atoms with Crippen molar-refractivity contribution >= 4 is 6.03 Å². The molecule has 2 heterocycles. The first-order valence-electron chi connectivity index (χ1n) is 8.75. The van der Waals surface area contributed by atoms with E-state index >= 15 is 0 Å². The molecule has 0 spiro atoms. The van der Waals surface area contributed by atoms with E-state index < -0.39 is 0 Å². The van der Waals surface area contributed by atoms with Gasteiger partial charge in [-0.05, 0) is 18.6 Å². The van der Waals surface area contributed by atoms with E-state index in [1.807, 2.05) is 37.3 Å². The third kappa shape index (κ3) is 3.14. The molecule has 5 heteroatoms. The van der Waals surface area contributed by atoms with Gasteiger partial charge < -0.3 is 20.1 Å². The molecule has 0 aliphatic carbocycles. The molecule has 4 rings (SSSR count). The summed E-state index contributed by atoms with van der Waals surface area (Å²) in [5.74, 6) is 1.87. The highest BCUT2D eigenvalue weighted by atomic mass is 16.5. The molecular formula is C20H22N2O3. The summed E-state index contributed by atoms with van der Waals surface area (Å²) in [6.45, 7) is 3.82. The lowest BCUT2D eigenvalue weighted by atomic mass is 9.99. The molecule has 130 valence electrons. The topological polar surface area (TPSA) is 59.6 Å². The molecule has 2 N–H and O–H groups in total. The molecule has 2 aliphatic rings. The van der Waals surface area contributed by atoms with Gasteiger partial charge in [-0.3, -0.25) is 0 Å². The first-order chi connectivity index (χ1) is 12.2. The smallest absolute Gasteiger partial charge is 0.315 e. The van der Waals surface area contributed by atoms with Crippen molar-refractivity contribution in [3.63, 3.8) is 0 Å². The molecule has 2 aromatic rings. The SMILES string of the molecule is CC(NC(=O)NCc1c2c(cc3c1OCC3)OCC2)c1ccccc1. The minimum atomic E-state index is -0.181. The molecule has 1 atom stereocenters. The van der Waals surface area contributed by atoms with Gasteiger partial charge in [-0.1, -0.05) is 30.3 Å². The molecule has 25 heavy (non-hydrogen) atoms. The van der Waals surface area contributed by atoms with E-state index in [0.717, 1.165) is 41.0 Å². The Morgan fingerprint density at radius 3 is 2.80 bits per heavy atom. The first kappa shape index (κ1) is 15.8. The maximum atomic E-state index is 12.3. The Balaban J connectivity index is 1.44. The Hall–Kier alpha value is -2.69. The Morgan fingerprint density at radius 1 is 1.16 bits per heavy atom. The van der Waals surface area contributed by atoms with Crippen LogP contribution < -0.4 is 20.1 Å². The molecule has 0 saturated carbocycles. The summed E-state index contributed by atoms with van der Waals surface area (Å²) in [6.07, 6.45) is 1.77. The third-order valence-electron chi connectivity index (χ3n) is 4.83. The summed E-state index contributed by atoms with van der Waals surface area (Å²) in [5.41, 5.74) is 4.48. The quantitative estimate of drug-likeness (QED) is 0.900. The van der Waals surface area contributed by atoms with E-state index in [-0.39, 0.29) is 12.1 Å². The number of rotatable bonds is 4. The number of hydrogen-bond donors (Lipinski definition) is 2. The van der Waals surface area contributed by atoms with Crippen molar-refractivity contribution < 1.29 is 14.3 Å². The standard InChI is InChI=1S/C20H22N2O3/c1-13(14-5-3-2-4-6-14)22-20(23)21-12-17-16-8-10-24-18(16)11-15-7-9-25-19(15)17/h2-6,11,13H,7-10,12H2,1H3,(H2,21,22,23). The zero-order valence-corrected chi connectivity index (χ0v) is 14.3. The molecular weight excluding hydrogens is 316 g/mol. The lowest BCUT2D eigenvalue weighted by Crippen LogP contribution is -2.36. The normalized spacial score (nSPS) is 15.6. The second kappa shape index (κ2) is 6.67. The van der Waals surface area contributed by atoms with Gasteiger partial charge in [0.2, 0.25) is 0 Å². The maximum absolute atomic E-state index is 12.3. The summed E-state index contributed by atoms with van der Waals surface area (Å²) in [4.78, 5) is 12.3. The summed E-state index contributed by atoms with van der Waals surface area (Å²) in [7, 11) is 0. The summed E-state index contributed by atoms with van der Waals surface area (Å²) < 4.78 is 11.5. The van der Waals surface area contributed by atoms with Crippen molar-refractivity contribution in [3.05, 3.63) is 58.7 Å². The number of ether oxygens (including phenoxy) is 2. The van der Waals surface area contributed by atoms with E-state index in [4.69, 9.17) is 9.47 Å². The number of benzene rings is 2. The average Bonchev–Trinajstić information content (AvgIpc) is 3.28. The summed E-state index contributed by atoms with van der Waals surface area (Å²) in [6, 6.07) is 11.8. The van der Waals surface area contributed by atoms with Crippen molar-refractivity contribution in [2.24, 2.45) is 0 Å². The van der Waals surface area contributed by atoms with E-state index in [2.05, 4.69) is 16.7 Å². The third-order valence-corrected chi connectivity index (χ3v) is 4.83. The fourth-order valence-corrected chi connectivity index (χ4v) is 3.51. The highest BCUT2D eigenvalue weighted by Crippen LogP contribution is 2.40. The summed E-state index contributed by atoms with van der Waals surface area (Å²) in [5, 5.41) is 5.95. The Morgan fingerprint density at radius 2 is 1.96 bits per heavy atom. The van der Waals surface area contributed by atoms with E-state index in [0.29, 0.717) is 19.8 Å². The average molecular weight is 338 g/mol. The van der Waals surface area contributed by atoms with Crippen LogP contribution in [-0.4, -0.2) is 19.2 Å². The van der Waals surface area contributed by atoms with Gasteiger partial charge in [0.15, 0.2) is 0 Å². The molecule has 0 radical (unpaired) electrons. The van der Waals surface area contributed by atoms with E-state index in [1.54, 1.807) is 0 Å². The minimum absolute atomic E-state index is 0.0482. The van der Waals surface area contributed by atoms with E-state index in [1.165, 1.54) is 5.56 Å². The predicted molar refractivity (Wildman–Crippen MR) is 95.1 cm³/mol. The van der Waals surface area contributed by atoms with Crippen molar-refractivity contribution in [2.75, 3.05) is 13.2 Å².